The van der Waals surface area contributed by atoms with E-state index in [1.165, 1.54) is 5.56 Å². The van der Waals surface area contributed by atoms with Gasteiger partial charge < -0.3 is 14.7 Å². The van der Waals surface area contributed by atoms with E-state index < -0.39 is 5.97 Å². The molecule has 0 bridgehead atoms. The Morgan fingerprint density at radius 1 is 1.12 bits per heavy atom. The number of allylic oxidation sites excluding steroid dienone is 1. The van der Waals surface area contributed by atoms with Gasteiger partial charge in [0, 0.05) is 24.4 Å². The Morgan fingerprint density at radius 2 is 2.00 bits per heavy atom. The third-order valence-corrected chi connectivity index (χ3v) is 5.79. The molecule has 1 aliphatic carbocycles. The van der Waals surface area contributed by atoms with E-state index in [0.717, 1.165) is 41.7 Å². The SMILES string of the molecule is O=C(O)COc1cccc2c1CCC(/C=C/CO/N=C(/Cc1ccccc1)c1cccnc1)C2. The van der Waals surface area contributed by atoms with Crippen LogP contribution in [0.25, 0.3) is 0 Å². The largest absolute Gasteiger partial charge is 0.482 e. The normalized spacial score (nSPS) is 15.6. The molecule has 0 aliphatic heterocycles. The van der Waals surface area contributed by atoms with Gasteiger partial charge in [-0.15, -0.1) is 0 Å². The van der Waals surface area contributed by atoms with Crippen molar-refractivity contribution in [2.45, 2.75) is 25.7 Å². The molecule has 2 aromatic carbocycles. The molecule has 1 heterocycles. The fourth-order valence-electron chi connectivity index (χ4n) is 4.16. The first-order valence-corrected chi connectivity index (χ1v) is 11.4. The summed E-state index contributed by atoms with van der Waals surface area (Å²) in [5.74, 6) is 0.116. The van der Waals surface area contributed by atoms with Crippen LogP contribution in [0.3, 0.4) is 0 Å². The summed E-state index contributed by atoms with van der Waals surface area (Å²) in [6.45, 7) is 0.0760. The minimum absolute atomic E-state index is 0.317. The van der Waals surface area contributed by atoms with Gasteiger partial charge in [0.05, 0.1) is 5.71 Å². The number of hydrogen-bond donors (Lipinski definition) is 1. The number of rotatable bonds is 10. The zero-order valence-corrected chi connectivity index (χ0v) is 19.0. The summed E-state index contributed by atoms with van der Waals surface area (Å²) in [5.41, 5.74) is 5.28. The van der Waals surface area contributed by atoms with Crippen molar-refractivity contribution >= 4 is 11.7 Å². The Balaban J connectivity index is 1.34. The molecule has 1 aromatic heterocycles. The van der Waals surface area contributed by atoms with E-state index in [1.807, 2.05) is 48.5 Å². The van der Waals surface area contributed by atoms with Gasteiger partial charge in [0.1, 0.15) is 12.4 Å². The molecule has 1 N–H and O–H groups in total. The average Bonchev–Trinajstić information content (AvgIpc) is 2.87. The van der Waals surface area contributed by atoms with Crippen molar-refractivity contribution in [3.63, 3.8) is 0 Å². The number of benzene rings is 2. The number of ether oxygens (including phenoxy) is 1. The van der Waals surface area contributed by atoms with Gasteiger partial charge in [0.25, 0.3) is 0 Å². The number of fused-ring (bicyclic) bond motifs is 1. The fraction of sp³-hybridized carbons (Fsp3) is 0.250. The smallest absolute Gasteiger partial charge is 0.341 e. The molecular formula is C28H28N2O4. The third kappa shape index (κ3) is 6.54. The Kier molecular flexibility index (Phi) is 8.06. The van der Waals surface area contributed by atoms with Crippen LogP contribution in [-0.4, -0.2) is 35.0 Å². The van der Waals surface area contributed by atoms with Crippen molar-refractivity contribution < 1.29 is 19.5 Å². The summed E-state index contributed by atoms with van der Waals surface area (Å²) < 4.78 is 5.46. The zero-order valence-electron chi connectivity index (χ0n) is 19.0. The molecule has 0 saturated carbocycles. The molecule has 4 rings (SSSR count). The van der Waals surface area contributed by atoms with Crippen LogP contribution >= 0.6 is 0 Å². The average molecular weight is 457 g/mol. The number of pyridine rings is 1. The molecule has 0 saturated heterocycles. The van der Waals surface area contributed by atoms with Crippen LogP contribution in [0.4, 0.5) is 0 Å². The summed E-state index contributed by atoms with van der Waals surface area (Å²) in [7, 11) is 0. The number of carboxylic acid groups (broad SMARTS) is 1. The van der Waals surface area contributed by atoms with Crippen LogP contribution in [0.1, 0.15) is 28.7 Å². The first-order valence-electron chi connectivity index (χ1n) is 11.4. The number of nitrogens with zero attached hydrogens (tertiary/aromatic N) is 2. The van der Waals surface area contributed by atoms with Gasteiger partial charge in [-0.2, -0.15) is 0 Å². The lowest BCUT2D eigenvalue weighted by molar-refractivity contribution is -0.139. The van der Waals surface area contributed by atoms with Crippen molar-refractivity contribution in [2.24, 2.45) is 11.1 Å². The maximum absolute atomic E-state index is 10.8. The zero-order chi connectivity index (χ0) is 23.6. The first kappa shape index (κ1) is 23.2. The molecular weight excluding hydrogens is 428 g/mol. The molecule has 0 amide bonds. The molecule has 1 unspecified atom stereocenters. The topological polar surface area (TPSA) is 81.0 Å². The van der Waals surface area contributed by atoms with E-state index in [-0.39, 0.29) is 6.61 Å². The van der Waals surface area contributed by atoms with Crippen molar-refractivity contribution in [2.75, 3.05) is 13.2 Å². The van der Waals surface area contributed by atoms with Crippen molar-refractivity contribution in [1.82, 2.24) is 4.98 Å². The lowest BCUT2D eigenvalue weighted by atomic mass is 9.83. The standard InChI is InChI=1S/C28H28N2O4/c31-28(32)20-33-27-12-4-10-23-17-22(13-14-25(23)27)9-6-16-34-30-26(24-11-5-15-29-19-24)18-21-7-2-1-3-8-21/h1-12,15,19,22H,13-14,16-18,20H2,(H,31,32)/b9-6+,30-26-. The van der Waals surface area contributed by atoms with Gasteiger partial charge in [-0.3, -0.25) is 4.98 Å². The summed E-state index contributed by atoms with van der Waals surface area (Å²) >= 11 is 0. The monoisotopic (exact) mass is 456 g/mol. The molecule has 6 nitrogen and oxygen atoms in total. The lowest BCUT2D eigenvalue weighted by Crippen LogP contribution is -2.16. The van der Waals surface area contributed by atoms with E-state index in [4.69, 9.17) is 14.7 Å². The molecule has 0 fully saturated rings. The number of aromatic nitrogens is 1. The lowest BCUT2D eigenvalue weighted by Gasteiger charge is -2.24. The highest BCUT2D eigenvalue weighted by Gasteiger charge is 2.20. The summed E-state index contributed by atoms with van der Waals surface area (Å²) in [5, 5.41) is 13.3. The van der Waals surface area contributed by atoms with E-state index in [2.05, 4.69) is 34.4 Å². The van der Waals surface area contributed by atoms with Crippen LogP contribution < -0.4 is 4.74 Å². The highest BCUT2D eigenvalue weighted by molar-refractivity contribution is 6.01. The third-order valence-electron chi connectivity index (χ3n) is 5.79. The molecule has 1 aliphatic rings. The highest BCUT2D eigenvalue weighted by Crippen LogP contribution is 2.32. The summed E-state index contributed by atoms with van der Waals surface area (Å²) in [4.78, 5) is 20.7. The molecule has 6 heteroatoms. The van der Waals surface area contributed by atoms with E-state index in [0.29, 0.717) is 24.7 Å². The second-order valence-corrected chi connectivity index (χ2v) is 8.25. The molecule has 3 aromatic rings. The maximum atomic E-state index is 10.8. The van der Waals surface area contributed by atoms with E-state index in [1.54, 1.807) is 12.4 Å². The summed E-state index contributed by atoms with van der Waals surface area (Å²) in [6, 6.07) is 19.9. The Hall–Kier alpha value is -3.93. The van der Waals surface area contributed by atoms with E-state index in [9.17, 15) is 4.79 Å². The molecule has 174 valence electrons. The Labute approximate surface area is 199 Å². The van der Waals surface area contributed by atoms with Crippen molar-refractivity contribution in [3.8, 4) is 5.75 Å². The number of aliphatic carboxylic acids is 1. The second kappa shape index (κ2) is 11.8. The van der Waals surface area contributed by atoms with Gasteiger partial charge >= 0.3 is 5.97 Å². The molecule has 1 atom stereocenters. The van der Waals surface area contributed by atoms with Crippen LogP contribution in [0.5, 0.6) is 5.75 Å². The summed E-state index contributed by atoms with van der Waals surface area (Å²) in [6.07, 6.45) is 11.2. The number of carbonyl (C=O) groups is 1. The molecule has 0 spiro atoms. The predicted molar refractivity (Wildman–Crippen MR) is 131 cm³/mol. The van der Waals surface area contributed by atoms with Gasteiger partial charge in [-0.1, -0.05) is 53.7 Å². The van der Waals surface area contributed by atoms with Gasteiger partial charge in [-0.25, -0.2) is 4.79 Å². The maximum Gasteiger partial charge on any atom is 0.341 e. The van der Waals surface area contributed by atoms with Crippen molar-refractivity contribution in [3.05, 3.63) is 107 Å². The van der Waals surface area contributed by atoms with Crippen LogP contribution in [-0.2, 0) is 28.9 Å². The van der Waals surface area contributed by atoms with Gasteiger partial charge in [0.15, 0.2) is 6.61 Å². The number of oxime groups is 1. The number of hydrogen-bond acceptors (Lipinski definition) is 5. The van der Waals surface area contributed by atoms with Crippen LogP contribution in [0.2, 0.25) is 0 Å². The van der Waals surface area contributed by atoms with E-state index >= 15 is 0 Å². The second-order valence-electron chi connectivity index (χ2n) is 8.25. The van der Waals surface area contributed by atoms with Gasteiger partial charge in [-0.05, 0) is 66.1 Å². The van der Waals surface area contributed by atoms with Crippen LogP contribution in [0, 0.1) is 5.92 Å². The highest BCUT2D eigenvalue weighted by atomic mass is 16.6. The number of carboxylic acids is 1. The van der Waals surface area contributed by atoms with Crippen LogP contribution in [0.15, 0.2) is 90.4 Å². The minimum Gasteiger partial charge on any atom is -0.482 e. The van der Waals surface area contributed by atoms with Crippen molar-refractivity contribution in [1.29, 1.82) is 0 Å². The molecule has 34 heavy (non-hydrogen) atoms. The quantitative estimate of drug-likeness (QED) is 0.204. The Bertz CT molecular complexity index is 1140. The minimum atomic E-state index is -0.965. The predicted octanol–water partition coefficient (Wildman–Crippen LogP) is 4.87. The first-order chi connectivity index (χ1) is 16.7. The van der Waals surface area contributed by atoms with Gasteiger partial charge in [0.2, 0.25) is 0 Å². The Morgan fingerprint density at radius 3 is 2.79 bits per heavy atom. The fourth-order valence-corrected chi connectivity index (χ4v) is 4.16. The molecule has 0 radical (unpaired) electrons.